The normalized spacial score (nSPS) is 16.1. The highest BCUT2D eigenvalue weighted by Crippen LogP contribution is 2.18. The van der Waals surface area contributed by atoms with Crippen molar-refractivity contribution in [1.29, 1.82) is 0 Å². The third-order valence-corrected chi connectivity index (χ3v) is 5.67. The lowest BCUT2D eigenvalue weighted by Gasteiger charge is -2.34. The van der Waals surface area contributed by atoms with Gasteiger partial charge < -0.3 is 14.7 Å². The van der Waals surface area contributed by atoms with Crippen LogP contribution >= 0.6 is 0 Å². The fourth-order valence-electron chi connectivity index (χ4n) is 2.38. The molecule has 0 unspecified atom stereocenters. The first-order valence-corrected chi connectivity index (χ1v) is 8.99. The van der Waals surface area contributed by atoms with Gasteiger partial charge in [-0.15, -0.1) is 0 Å². The summed E-state index contributed by atoms with van der Waals surface area (Å²) in [5.74, 6) is -1.26. The number of piperazine rings is 1. The number of amides is 1. The molecule has 0 atom stereocenters. The predicted molar refractivity (Wildman–Crippen MR) is 85.2 cm³/mol. The molecule has 0 spiro atoms. The van der Waals surface area contributed by atoms with Gasteiger partial charge in [0.05, 0.1) is 10.5 Å². The Labute approximate surface area is 140 Å². The SMILES string of the molecule is CCOCC(=O)N1CCN(S(=O)(=O)c2ccc(C(=O)O)cc2)CC1. The van der Waals surface area contributed by atoms with E-state index in [2.05, 4.69) is 0 Å². The van der Waals surface area contributed by atoms with Crippen molar-refractivity contribution >= 4 is 21.9 Å². The molecule has 0 bridgehead atoms. The summed E-state index contributed by atoms with van der Waals surface area (Å²) in [6.07, 6.45) is 0. The number of aromatic carboxylic acids is 1. The van der Waals surface area contributed by atoms with E-state index in [-0.39, 0.29) is 36.1 Å². The van der Waals surface area contributed by atoms with E-state index in [0.717, 1.165) is 0 Å². The van der Waals surface area contributed by atoms with Gasteiger partial charge in [0, 0.05) is 32.8 Å². The minimum absolute atomic E-state index is 0.0000987. The number of hydrogen-bond acceptors (Lipinski definition) is 5. The molecule has 1 N–H and O–H groups in total. The maximum atomic E-state index is 12.6. The lowest BCUT2D eigenvalue weighted by Crippen LogP contribution is -2.51. The van der Waals surface area contributed by atoms with Gasteiger partial charge in [-0.05, 0) is 31.2 Å². The van der Waals surface area contributed by atoms with E-state index >= 15 is 0 Å². The molecule has 132 valence electrons. The highest BCUT2D eigenvalue weighted by Gasteiger charge is 2.30. The number of sulfonamides is 1. The van der Waals surface area contributed by atoms with E-state index in [0.29, 0.717) is 19.7 Å². The predicted octanol–water partition coefficient (Wildman–Crippen LogP) is 0.254. The average molecular weight is 356 g/mol. The number of ether oxygens (including phenoxy) is 1. The minimum Gasteiger partial charge on any atom is -0.478 e. The van der Waals surface area contributed by atoms with Crippen LogP contribution in [0, 0.1) is 0 Å². The van der Waals surface area contributed by atoms with Gasteiger partial charge in [0.25, 0.3) is 0 Å². The molecule has 1 aromatic rings. The summed E-state index contributed by atoms with van der Waals surface area (Å²) in [4.78, 5) is 24.3. The molecule has 0 saturated carbocycles. The molecule has 0 radical (unpaired) electrons. The van der Waals surface area contributed by atoms with Crippen LogP contribution in [0.4, 0.5) is 0 Å². The number of nitrogens with zero attached hydrogens (tertiary/aromatic N) is 2. The first-order chi connectivity index (χ1) is 11.4. The van der Waals surface area contributed by atoms with Gasteiger partial charge in [-0.3, -0.25) is 4.79 Å². The number of benzene rings is 1. The number of rotatable bonds is 6. The third kappa shape index (κ3) is 4.11. The van der Waals surface area contributed by atoms with Crippen molar-refractivity contribution in [2.45, 2.75) is 11.8 Å². The first-order valence-electron chi connectivity index (χ1n) is 7.55. The third-order valence-electron chi connectivity index (χ3n) is 3.76. The Morgan fingerprint density at radius 3 is 2.21 bits per heavy atom. The number of carboxylic acids is 1. The topological polar surface area (TPSA) is 104 Å². The number of carbonyl (C=O) groups is 2. The van der Waals surface area contributed by atoms with E-state index in [1.165, 1.54) is 28.6 Å². The zero-order chi connectivity index (χ0) is 17.7. The molecular formula is C15H20N2O6S. The summed E-state index contributed by atoms with van der Waals surface area (Å²) < 4.78 is 31.5. The second kappa shape index (κ2) is 7.73. The molecule has 9 heteroatoms. The van der Waals surface area contributed by atoms with Crippen molar-refractivity contribution in [2.75, 3.05) is 39.4 Å². The van der Waals surface area contributed by atoms with Crippen molar-refractivity contribution in [2.24, 2.45) is 0 Å². The lowest BCUT2D eigenvalue weighted by atomic mass is 10.2. The van der Waals surface area contributed by atoms with Crippen LogP contribution in [0.3, 0.4) is 0 Å². The average Bonchev–Trinajstić information content (AvgIpc) is 2.59. The van der Waals surface area contributed by atoms with Gasteiger partial charge in [-0.1, -0.05) is 0 Å². The van der Waals surface area contributed by atoms with Crippen LogP contribution in [0.25, 0.3) is 0 Å². The van der Waals surface area contributed by atoms with Crippen LogP contribution in [0.15, 0.2) is 29.2 Å². The summed E-state index contributed by atoms with van der Waals surface area (Å²) in [5, 5.41) is 8.86. The monoisotopic (exact) mass is 356 g/mol. The zero-order valence-electron chi connectivity index (χ0n) is 13.3. The highest BCUT2D eigenvalue weighted by molar-refractivity contribution is 7.89. The Balaban J connectivity index is 2.02. The molecule has 1 aromatic carbocycles. The molecular weight excluding hydrogens is 336 g/mol. The zero-order valence-corrected chi connectivity index (χ0v) is 14.2. The number of carbonyl (C=O) groups excluding carboxylic acids is 1. The smallest absolute Gasteiger partial charge is 0.335 e. The van der Waals surface area contributed by atoms with E-state index < -0.39 is 16.0 Å². The summed E-state index contributed by atoms with van der Waals surface area (Å²) in [6.45, 7) is 3.25. The quantitative estimate of drug-likeness (QED) is 0.784. The molecule has 24 heavy (non-hydrogen) atoms. The van der Waals surface area contributed by atoms with Gasteiger partial charge in [-0.2, -0.15) is 4.31 Å². The second-order valence-corrected chi connectivity index (χ2v) is 7.19. The summed E-state index contributed by atoms with van der Waals surface area (Å²) in [5.41, 5.74) is 0.0280. The first kappa shape index (κ1) is 18.4. The molecule has 1 amide bonds. The van der Waals surface area contributed by atoms with Crippen LogP contribution in [0.2, 0.25) is 0 Å². The maximum absolute atomic E-state index is 12.6. The molecule has 1 saturated heterocycles. The Morgan fingerprint density at radius 1 is 1.12 bits per heavy atom. The molecule has 0 aliphatic carbocycles. The fraction of sp³-hybridized carbons (Fsp3) is 0.467. The molecule has 0 aromatic heterocycles. The standard InChI is InChI=1S/C15H20N2O6S/c1-2-23-11-14(18)16-7-9-17(10-8-16)24(21,22)13-5-3-12(4-6-13)15(19)20/h3-6H,2,7-11H2,1H3,(H,19,20). The van der Waals surface area contributed by atoms with Crippen molar-refractivity contribution in [3.63, 3.8) is 0 Å². The van der Waals surface area contributed by atoms with Crippen molar-refractivity contribution in [3.8, 4) is 0 Å². The Bertz CT molecular complexity index is 693. The lowest BCUT2D eigenvalue weighted by molar-refractivity contribution is -0.137. The van der Waals surface area contributed by atoms with Gasteiger partial charge in [-0.25, -0.2) is 13.2 Å². The van der Waals surface area contributed by atoms with Gasteiger partial charge in [0.1, 0.15) is 6.61 Å². The Kier molecular flexibility index (Phi) is 5.92. The van der Waals surface area contributed by atoms with Crippen molar-refractivity contribution < 1.29 is 27.9 Å². The number of carboxylic acid groups (broad SMARTS) is 1. The van der Waals surface area contributed by atoms with Crippen LogP contribution in [-0.2, 0) is 19.6 Å². The molecule has 1 aliphatic rings. The molecule has 2 rings (SSSR count). The van der Waals surface area contributed by atoms with Gasteiger partial charge in [0.15, 0.2) is 0 Å². The van der Waals surface area contributed by atoms with Crippen LogP contribution in [-0.4, -0.2) is 74.0 Å². The summed E-state index contributed by atoms with van der Waals surface area (Å²) in [6, 6.07) is 5.09. The number of hydrogen-bond donors (Lipinski definition) is 1. The molecule has 1 aliphatic heterocycles. The van der Waals surface area contributed by atoms with Crippen LogP contribution in [0.1, 0.15) is 17.3 Å². The molecule has 1 fully saturated rings. The van der Waals surface area contributed by atoms with Crippen LogP contribution < -0.4 is 0 Å². The van der Waals surface area contributed by atoms with E-state index in [9.17, 15) is 18.0 Å². The fourth-order valence-corrected chi connectivity index (χ4v) is 3.80. The van der Waals surface area contributed by atoms with Gasteiger partial charge >= 0.3 is 5.97 Å². The van der Waals surface area contributed by atoms with Crippen molar-refractivity contribution in [3.05, 3.63) is 29.8 Å². The molecule has 1 heterocycles. The van der Waals surface area contributed by atoms with E-state index in [1.54, 1.807) is 11.8 Å². The summed E-state index contributed by atoms with van der Waals surface area (Å²) >= 11 is 0. The van der Waals surface area contributed by atoms with E-state index in [1.807, 2.05) is 0 Å². The Morgan fingerprint density at radius 2 is 1.71 bits per heavy atom. The minimum atomic E-state index is -3.70. The maximum Gasteiger partial charge on any atom is 0.335 e. The van der Waals surface area contributed by atoms with Gasteiger partial charge in [0.2, 0.25) is 15.9 Å². The Hall–Kier alpha value is -1.97. The molecule has 8 nitrogen and oxygen atoms in total. The van der Waals surface area contributed by atoms with Crippen LogP contribution in [0.5, 0.6) is 0 Å². The highest BCUT2D eigenvalue weighted by atomic mass is 32.2. The largest absolute Gasteiger partial charge is 0.478 e. The van der Waals surface area contributed by atoms with Crippen molar-refractivity contribution in [1.82, 2.24) is 9.21 Å². The second-order valence-electron chi connectivity index (χ2n) is 5.25. The summed E-state index contributed by atoms with van der Waals surface area (Å²) in [7, 11) is -3.70. The van der Waals surface area contributed by atoms with E-state index in [4.69, 9.17) is 9.84 Å².